The minimum absolute atomic E-state index is 0.0684. The van der Waals surface area contributed by atoms with E-state index in [1.807, 2.05) is 0 Å². The number of rotatable bonds is 8. The minimum atomic E-state index is -0.272. The Hall–Kier alpha value is -0.980. The molecule has 0 aliphatic carbocycles. The van der Waals surface area contributed by atoms with E-state index >= 15 is 0 Å². The molecule has 1 aromatic carbocycles. The Morgan fingerprint density at radius 3 is 2.90 bits per heavy atom. The van der Waals surface area contributed by atoms with Gasteiger partial charge >= 0.3 is 0 Å². The maximum absolute atomic E-state index is 13.7. The van der Waals surface area contributed by atoms with E-state index in [-0.39, 0.29) is 18.3 Å². The molecule has 0 heterocycles. The van der Waals surface area contributed by atoms with Gasteiger partial charge in [0.15, 0.2) is 0 Å². The Kier molecular flexibility index (Phi) is 7.72. The first kappa shape index (κ1) is 17.1. The fourth-order valence-corrected chi connectivity index (χ4v) is 2.08. The first-order valence-corrected chi connectivity index (χ1v) is 7.20. The first-order chi connectivity index (χ1) is 9.52. The Balaban J connectivity index is 2.35. The van der Waals surface area contributed by atoms with Crippen LogP contribution in [0.2, 0.25) is 0 Å². The third-order valence-electron chi connectivity index (χ3n) is 2.72. The van der Waals surface area contributed by atoms with E-state index in [0.717, 1.165) is 6.42 Å². The number of nitrogens with zero attached hydrogens (tertiary/aromatic N) is 1. The number of hydrogen-bond donors (Lipinski definition) is 1. The van der Waals surface area contributed by atoms with E-state index in [4.69, 9.17) is 4.74 Å². The number of halogens is 2. The monoisotopic (exact) mass is 346 g/mol. The van der Waals surface area contributed by atoms with Crippen LogP contribution < -0.4 is 5.32 Å². The number of amides is 1. The molecule has 0 aliphatic rings. The third kappa shape index (κ3) is 6.45. The number of ether oxygens (including phenoxy) is 1. The van der Waals surface area contributed by atoms with Crippen molar-refractivity contribution in [3.8, 4) is 0 Å². The number of methoxy groups -OCH3 is 1. The van der Waals surface area contributed by atoms with Crippen molar-refractivity contribution < 1.29 is 13.9 Å². The molecule has 0 saturated heterocycles. The molecule has 0 atom stereocenters. The Morgan fingerprint density at radius 2 is 2.25 bits per heavy atom. The summed E-state index contributed by atoms with van der Waals surface area (Å²) in [5, 5.41) is 2.80. The molecular weight excluding hydrogens is 327 g/mol. The van der Waals surface area contributed by atoms with Gasteiger partial charge in [0.1, 0.15) is 5.82 Å². The second-order valence-electron chi connectivity index (χ2n) is 4.60. The van der Waals surface area contributed by atoms with Crippen molar-refractivity contribution in [3.05, 3.63) is 34.1 Å². The first-order valence-electron chi connectivity index (χ1n) is 6.41. The summed E-state index contributed by atoms with van der Waals surface area (Å²) in [5.41, 5.74) is 0.572. The molecule has 1 rings (SSSR count). The predicted molar refractivity (Wildman–Crippen MR) is 79.9 cm³/mol. The van der Waals surface area contributed by atoms with Crippen LogP contribution in [-0.4, -0.2) is 44.7 Å². The number of benzene rings is 1. The molecule has 1 aromatic rings. The molecule has 0 unspecified atom stereocenters. The molecule has 6 heteroatoms. The van der Waals surface area contributed by atoms with Crippen LogP contribution in [0.3, 0.4) is 0 Å². The van der Waals surface area contributed by atoms with Gasteiger partial charge in [-0.1, -0.05) is 22.0 Å². The van der Waals surface area contributed by atoms with Crippen molar-refractivity contribution in [1.82, 2.24) is 10.2 Å². The zero-order valence-corrected chi connectivity index (χ0v) is 13.4. The van der Waals surface area contributed by atoms with Crippen LogP contribution >= 0.6 is 15.9 Å². The smallest absolute Gasteiger partial charge is 0.234 e. The van der Waals surface area contributed by atoms with Crippen LogP contribution in [0.4, 0.5) is 4.39 Å². The van der Waals surface area contributed by atoms with Gasteiger partial charge in [-0.25, -0.2) is 4.39 Å². The molecule has 0 saturated carbocycles. The Morgan fingerprint density at radius 1 is 1.50 bits per heavy atom. The van der Waals surface area contributed by atoms with Crippen LogP contribution in [-0.2, 0) is 16.1 Å². The molecule has 0 aromatic heterocycles. The second kappa shape index (κ2) is 9.05. The highest BCUT2D eigenvalue weighted by atomic mass is 79.9. The van der Waals surface area contributed by atoms with E-state index in [1.165, 1.54) is 6.07 Å². The molecule has 0 spiro atoms. The van der Waals surface area contributed by atoms with Gasteiger partial charge in [-0.05, 0) is 25.6 Å². The number of nitrogens with one attached hydrogen (secondary N) is 1. The number of likely N-dealkylation sites (N-methyl/N-ethyl adjacent to an activating group) is 1. The molecule has 0 radical (unpaired) electrons. The van der Waals surface area contributed by atoms with E-state index in [0.29, 0.717) is 29.7 Å². The number of carbonyl (C=O) groups excluding carboxylic acids is 1. The highest BCUT2D eigenvalue weighted by Gasteiger charge is 2.09. The predicted octanol–water partition coefficient (Wildman–Crippen LogP) is 2.17. The summed E-state index contributed by atoms with van der Waals surface area (Å²) in [7, 11) is 3.42. The molecule has 4 nitrogen and oxygen atoms in total. The molecule has 1 N–H and O–H groups in total. The normalized spacial score (nSPS) is 10.8. The van der Waals surface area contributed by atoms with Gasteiger partial charge in [0.2, 0.25) is 5.91 Å². The lowest BCUT2D eigenvalue weighted by molar-refractivity contribution is -0.122. The van der Waals surface area contributed by atoms with Gasteiger partial charge in [0.05, 0.1) is 6.54 Å². The van der Waals surface area contributed by atoms with Gasteiger partial charge < -0.3 is 10.1 Å². The minimum Gasteiger partial charge on any atom is -0.385 e. The SMILES string of the molecule is COCCCNC(=O)CN(C)Cc1ccc(Br)cc1F. The maximum atomic E-state index is 13.7. The molecule has 20 heavy (non-hydrogen) atoms. The highest BCUT2D eigenvalue weighted by molar-refractivity contribution is 9.10. The number of hydrogen-bond acceptors (Lipinski definition) is 3. The zero-order chi connectivity index (χ0) is 15.0. The van der Waals surface area contributed by atoms with Crippen LogP contribution in [0.15, 0.2) is 22.7 Å². The van der Waals surface area contributed by atoms with E-state index in [2.05, 4.69) is 21.2 Å². The van der Waals surface area contributed by atoms with Crippen molar-refractivity contribution in [1.29, 1.82) is 0 Å². The van der Waals surface area contributed by atoms with Gasteiger partial charge in [-0.3, -0.25) is 9.69 Å². The van der Waals surface area contributed by atoms with E-state index in [1.54, 1.807) is 31.2 Å². The zero-order valence-electron chi connectivity index (χ0n) is 11.8. The largest absolute Gasteiger partial charge is 0.385 e. The molecular formula is C14H20BrFN2O2. The maximum Gasteiger partial charge on any atom is 0.234 e. The van der Waals surface area contributed by atoms with Gasteiger partial charge in [0.25, 0.3) is 0 Å². The lowest BCUT2D eigenvalue weighted by Crippen LogP contribution is -2.35. The topological polar surface area (TPSA) is 41.6 Å². The average Bonchev–Trinajstić information content (AvgIpc) is 2.38. The summed E-state index contributed by atoms with van der Waals surface area (Å²) in [5.74, 6) is -0.340. The van der Waals surface area contributed by atoms with Gasteiger partial charge in [-0.15, -0.1) is 0 Å². The molecule has 0 bridgehead atoms. The van der Waals surface area contributed by atoms with Crippen LogP contribution in [0.25, 0.3) is 0 Å². The lowest BCUT2D eigenvalue weighted by Gasteiger charge is -2.16. The molecule has 0 fully saturated rings. The van der Waals surface area contributed by atoms with Crippen LogP contribution in [0.1, 0.15) is 12.0 Å². The van der Waals surface area contributed by atoms with Crippen molar-refractivity contribution in [3.63, 3.8) is 0 Å². The Bertz CT molecular complexity index is 443. The van der Waals surface area contributed by atoms with Crippen LogP contribution in [0.5, 0.6) is 0 Å². The fraction of sp³-hybridized carbons (Fsp3) is 0.500. The van der Waals surface area contributed by atoms with Gasteiger partial charge in [-0.2, -0.15) is 0 Å². The molecule has 1 amide bonds. The van der Waals surface area contributed by atoms with Crippen molar-refractivity contribution >= 4 is 21.8 Å². The average molecular weight is 347 g/mol. The van der Waals surface area contributed by atoms with Crippen molar-refractivity contribution in [2.45, 2.75) is 13.0 Å². The van der Waals surface area contributed by atoms with E-state index < -0.39 is 0 Å². The summed E-state index contributed by atoms with van der Waals surface area (Å²) in [6.45, 7) is 1.85. The van der Waals surface area contributed by atoms with Crippen LogP contribution in [0, 0.1) is 5.82 Å². The third-order valence-corrected chi connectivity index (χ3v) is 3.21. The van der Waals surface area contributed by atoms with Crippen molar-refractivity contribution in [2.24, 2.45) is 0 Å². The Labute approximate surface area is 127 Å². The highest BCUT2D eigenvalue weighted by Crippen LogP contribution is 2.16. The lowest BCUT2D eigenvalue weighted by atomic mass is 10.2. The number of carbonyl (C=O) groups is 1. The van der Waals surface area contributed by atoms with Gasteiger partial charge in [0, 0.05) is 36.8 Å². The summed E-state index contributed by atoms with van der Waals surface area (Å²) in [6, 6.07) is 4.93. The molecule has 112 valence electrons. The summed E-state index contributed by atoms with van der Waals surface area (Å²) >= 11 is 3.22. The summed E-state index contributed by atoms with van der Waals surface area (Å²) < 4.78 is 19.3. The summed E-state index contributed by atoms with van der Waals surface area (Å²) in [6.07, 6.45) is 0.785. The standard InChI is InChI=1S/C14H20BrFN2O2/c1-18(10-14(19)17-6-3-7-20-2)9-11-4-5-12(15)8-13(11)16/h4-5,8H,3,6-7,9-10H2,1-2H3,(H,17,19). The summed E-state index contributed by atoms with van der Waals surface area (Å²) in [4.78, 5) is 13.4. The second-order valence-corrected chi connectivity index (χ2v) is 5.52. The van der Waals surface area contributed by atoms with E-state index in [9.17, 15) is 9.18 Å². The fourth-order valence-electron chi connectivity index (χ4n) is 1.74. The molecule has 0 aliphatic heterocycles. The van der Waals surface area contributed by atoms with Crippen molar-refractivity contribution in [2.75, 3.05) is 33.9 Å². The quantitative estimate of drug-likeness (QED) is 0.733.